The minimum atomic E-state index is -0.403. The van der Waals surface area contributed by atoms with Gasteiger partial charge in [0.1, 0.15) is 5.70 Å². The van der Waals surface area contributed by atoms with Gasteiger partial charge in [0.15, 0.2) is 0 Å². The quantitative estimate of drug-likeness (QED) is 0.820. The number of anilines is 2. The minimum absolute atomic E-state index is 0.222. The molecule has 6 heteroatoms. The molecule has 3 rings (SSSR count). The first-order chi connectivity index (χ1) is 11.4. The fraction of sp³-hybridized carbons (Fsp3) is 0.111. The molecule has 0 aliphatic carbocycles. The molecule has 0 spiro atoms. The molecule has 0 atom stereocenters. The van der Waals surface area contributed by atoms with E-state index in [4.69, 9.17) is 23.2 Å². The molecule has 0 unspecified atom stereocenters. The van der Waals surface area contributed by atoms with Gasteiger partial charge in [-0.15, -0.1) is 0 Å². The van der Waals surface area contributed by atoms with Crippen LogP contribution >= 0.6 is 23.2 Å². The van der Waals surface area contributed by atoms with Crippen molar-refractivity contribution < 1.29 is 9.59 Å². The van der Waals surface area contributed by atoms with Gasteiger partial charge in [-0.1, -0.05) is 23.2 Å². The molecule has 0 bridgehead atoms. The number of hydrogen-bond donors (Lipinski definition) is 1. The number of benzene rings is 2. The van der Waals surface area contributed by atoms with Crippen molar-refractivity contribution in [3.05, 3.63) is 69.3 Å². The Morgan fingerprint density at radius 2 is 1.54 bits per heavy atom. The third-order valence-electron chi connectivity index (χ3n) is 3.78. The average molecular weight is 361 g/mol. The Morgan fingerprint density at radius 3 is 2.17 bits per heavy atom. The summed E-state index contributed by atoms with van der Waals surface area (Å²) in [5, 5.41) is 4.18. The highest BCUT2D eigenvalue weighted by Crippen LogP contribution is 2.29. The number of rotatable bonds is 3. The molecule has 24 heavy (non-hydrogen) atoms. The Kier molecular flexibility index (Phi) is 4.35. The van der Waals surface area contributed by atoms with Crippen LogP contribution in [0.15, 0.2) is 48.2 Å². The molecule has 4 nitrogen and oxygen atoms in total. The van der Waals surface area contributed by atoms with Gasteiger partial charge in [-0.3, -0.25) is 9.59 Å². The predicted octanol–water partition coefficient (Wildman–Crippen LogP) is 4.48. The largest absolute Gasteiger partial charge is 0.351 e. The summed E-state index contributed by atoms with van der Waals surface area (Å²) in [6.45, 7) is 3.67. The third-order valence-corrected chi connectivity index (χ3v) is 4.25. The standard InChI is InChI=1S/C18H14Cl2N2O2/c1-10-7-12(19)3-5-14(10)21-15-9-17(23)22(18(15)24)16-6-4-13(20)8-11(16)2/h3-9,21H,1-2H3. The van der Waals surface area contributed by atoms with Crippen LogP contribution in [0, 0.1) is 13.8 Å². The van der Waals surface area contributed by atoms with Gasteiger partial charge in [-0.25, -0.2) is 4.90 Å². The molecule has 2 aromatic rings. The van der Waals surface area contributed by atoms with Crippen LogP contribution in [0.5, 0.6) is 0 Å². The summed E-state index contributed by atoms with van der Waals surface area (Å²) in [4.78, 5) is 26.1. The lowest BCUT2D eigenvalue weighted by atomic mass is 10.2. The van der Waals surface area contributed by atoms with Crippen LogP contribution in [0.4, 0.5) is 11.4 Å². The van der Waals surface area contributed by atoms with E-state index >= 15 is 0 Å². The molecule has 1 aliphatic rings. The van der Waals surface area contributed by atoms with Crippen molar-refractivity contribution in [1.82, 2.24) is 0 Å². The summed E-state index contributed by atoms with van der Waals surface area (Å²) in [5.74, 6) is -0.792. The first kappa shape index (κ1) is 16.6. The number of aryl methyl sites for hydroxylation is 2. The molecule has 0 aromatic heterocycles. The molecule has 122 valence electrons. The zero-order valence-corrected chi connectivity index (χ0v) is 14.6. The van der Waals surface area contributed by atoms with E-state index in [1.54, 1.807) is 43.3 Å². The lowest BCUT2D eigenvalue weighted by Crippen LogP contribution is -2.32. The summed E-state index contributed by atoms with van der Waals surface area (Å²) < 4.78 is 0. The summed E-state index contributed by atoms with van der Waals surface area (Å²) in [6, 6.07) is 10.3. The van der Waals surface area contributed by atoms with Crippen molar-refractivity contribution in [2.45, 2.75) is 13.8 Å². The first-order valence-electron chi connectivity index (χ1n) is 7.26. The number of halogens is 2. The maximum Gasteiger partial charge on any atom is 0.281 e. The Morgan fingerprint density at radius 1 is 0.917 bits per heavy atom. The van der Waals surface area contributed by atoms with E-state index in [9.17, 15) is 9.59 Å². The van der Waals surface area contributed by atoms with E-state index < -0.39 is 5.91 Å². The smallest absolute Gasteiger partial charge is 0.281 e. The second-order valence-corrected chi connectivity index (χ2v) is 6.42. The van der Waals surface area contributed by atoms with Crippen LogP contribution in [0.3, 0.4) is 0 Å². The van der Waals surface area contributed by atoms with Crippen LogP contribution in [-0.4, -0.2) is 11.8 Å². The normalized spacial score (nSPS) is 14.2. The van der Waals surface area contributed by atoms with Crippen molar-refractivity contribution >= 4 is 46.4 Å². The van der Waals surface area contributed by atoms with Crippen LogP contribution in [0.1, 0.15) is 11.1 Å². The Bertz CT molecular complexity index is 891. The Hall–Kier alpha value is -2.30. The number of imide groups is 1. The molecule has 1 aliphatic heterocycles. The second-order valence-electron chi connectivity index (χ2n) is 5.55. The number of nitrogens with zero attached hydrogens (tertiary/aromatic N) is 1. The van der Waals surface area contributed by atoms with E-state index in [1.807, 2.05) is 6.92 Å². The SMILES string of the molecule is Cc1cc(Cl)ccc1NC1=CC(=O)N(c2ccc(Cl)cc2C)C1=O. The highest BCUT2D eigenvalue weighted by molar-refractivity contribution is 6.33. The zero-order valence-electron chi connectivity index (χ0n) is 13.1. The molecule has 0 saturated heterocycles. The number of carbonyl (C=O) groups excluding carboxylic acids is 2. The van der Waals surface area contributed by atoms with E-state index in [-0.39, 0.29) is 11.6 Å². The second kappa shape index (κ2) is 6.30. The molecule has 0 fully saturated rings. The maximum absolute atomic E-state index is 12.7. The maximum atomic E-state index is 12.7. The Balaban J connectivity index is 1.89. The fourth-order valence-electron chi connectivity index (χ4n) is 2.57. The van der Waals surface area contributed by atoms with E-state index in [2.05, 4.69) is 5.32 Å². The molecule has 0 saturated carbocycles. The molecule has 2 amide bonds. The first-order valence-corrected chi connectivity index (χ1v) is 8.02. The van der Waals surface area contributed by atoms with Gasteiger partial charge >= 0.3 is 0 Å². The van der Waals surface area contributed by atoms with Crippen LogP contribution in [0.2, 0.25) is 10.0 Å². The molecular weight excluding hydrogens is 347 g/mol. The number of carbonyl (C=O) groups is 2. The van der Waals surface area contributed by atoms with Crippen molar-refractivity contribution in [2.24, 2.45) is 0 Å². The summed E-state index contributed by atoms with van der Waals surface area (Å²) >= 11 is 11.9. The number of nitrogens with one attached hydrogen (secondary N) is 1. The van der Waals surface area contributed by atoms with Gasteiger partial charge in [0.05, 0.1) is 5.69 Å². The van der Waals surface area contributed by atoms with Gasteiger partial charge in [-0.05, 0) is 61.4 Å². The van der Waals surface area contributed by atoms with Crippen molar-refractivity contribution in [1.29, 1.82) is 0 Å². The van der Waals surface area contributed by atoms with Gasteiger partial charge in [0, 0.05) is 21.8 Å². The van der Waals surface area contributed by atoms with E-state index in [1.165, 1.54) is 6.08 Å². The van der Waals surface area contributed by atoms with Gasteiger partial charge in [0.25, 0.3) is 11.8 Å². The van der Waals surface area contributed by atoms with Crippen LogP contribution < -0.4 is 10.2 Å². The van der Waals surface area contributed by atoms with Crippen molar-refractivity contribution in [2.75, 3.05) is 10.2 Å². The average Bonchev–Trinajstić information content (AvgIpc) is 2.77. The summed E-state index contributed by atoms with van der Waals surface area (Å²) in [6.07, 6.45) is 1.30. The summed E-state index contributed by atoms with van der Waals surface area (Å²) in [5.41, 5.74) is 3.10. The van der Waals surface area contributed by atoms with Gasteiger partial charge in [0.2, 0.25) is 0 Å². The highest BCUT2D eigenvalue weighted by Gasteiger charge is 2.33. The third kappa shape index (κ3) is 3.03. The lowest BCUT2D eigenvalue weighted by molar-refractivity contribution is -0.120. The predicted molar refractivity (Wildman–Crippen MR) is 96.6 cm³/mol. The van der Waals surface area contributed by atoms with Crippen LogP contribution in [0.25, 0.3) is 0 Å². The molecule has 0 radical (unpaired) electrons. The highest BCUT2D eigenvalue weighted by atomic mass is 35.5. The van der Waals surface area contributed by atoms with E-state index in [0.29, 0.717) is 15.7 Å². The van der Waals surface area contributed by atoms with Gasteiger partial charge < -0.3 is 5.32 Å². The van der Waals surface area contributed by atoms with Crippen molar-refractivity contribution in [3.63, 3.8) is 0 Å². The van der Waals surface area contributed by atoms with Crippen LogP contribution in [-0.2, 0) is 9.59 Å². The zero-order chi connectivity index (χ0) is 17.4. The molecule has 1 N–H and O–H groups in total. The molecule has 2 aromatic carbocycles. The topological polar surface area (TPSA) is 49.4 Å². The lowest BCUT2D eigenvalue weighted by Gasteiger charge is -2.18. The minimum Gasteiger partial charge on any atom is -0.351 e. The van der Waals surface area contributed by atoms with Crippen molar-refractivity contribution in [3.8, 4) is 0 Å². The number of hydrogen-bond acceptors (Lipinski definition) is 3. The fourth-order valence-corrected chi connectivity index (χ4v) is 3.02. The number of amides is 2. The Labute approximate surface area is 149 Å². The molecule has 1 heterocycles. The molecular formula is C18H14Cl2N2O2. The summed E-state index contributed by atoms with van der Waals surface area (Å²) in [7, 11) is 0. The van der Waals surface area contributed by atoms with Gasteiger partial charge in [-0.2, -0.15) is 0 Å². The van der Waals surface area contributed by atoms with E-state index in [0.717, 1.165) is 21.7 Å². The monoisotopic (exact) mass is 360 g/mol.